The highest BCUT2D eigenvalue weighted by Crippen LogP contribution is 2.33. The molecule has 0 spiro atoms. The molecule has 0 saturated carbocycles. The molecule has 0 unspecified atom stereocenters. The minimum atomic E-state index is -3.44. The van der Waals surface area contributed by atoms with Crippen molar-refractivity contribution >= 4 is 33.0 Å². The number of aromatic nitrogens is 3. The molecule has 30 heavy (non-hydrogen) atoms. The lowest BCUT2D eigenvalue weighted by Gasteiger charge is -2.33. The average Bonchev–Trinajstić information content (AvgIpc) is 3.09. The molecule has 3 rings (SSSR count). The molecule has 1 aliphatic heterocycles. The van der Waals surface area contributed by atoms with E-state index in [-0.39, 0.29) is 31.1 Å². The molecule has 2 aromatic heterocycles. The Bertz CT molecular complexity index is 1060. The molecule has 0 amide bonds. The quantitative estimate of drug-likeness (QED) is 0.644. The Kier molecular flexibility index (Phi) is 6.37. The Morgan fingerprint density at radius 2 is 2.17 bits per heavy atom. The number of sulfonamides is 1. The van der Waals surface area contributed by atoms with Crippen LogP contribution in [-0.2, 0) is 16.4 Å². The Morgan fingerprint density at radius 3 is 2.77 bits per heavy atom. The van der Waals surface area contributed by atoms with Crippen LogP contribution in [-0.4, -0.2) is 69.9 Å². The molecule has 12 heteroatoms. The Morgan fingerprint density at radius 1 is 1.43 bits per heavy atom. The Hall–Kier alpha value is -2.20. The van der Waals surface area contributed by atoms with Crippen LogP contribution in [0.2, 0.25) is 0 Å². The zero-order chi connectivity index (χ0) is 22.1. The molecular formula is C18H23FN6O3S2. The van der Waals surface area contributed by atoms with Crippen LogP contribution in [0, 0.1) is 6.57 Å². The molecule has 162 valence electrons. The summed E-state index contributed by atoms with van der Waals surface area (Å²) in [5.74, 6) is 0.150. The van der Waals surface area contributed by atoms with E-state index in [2.05, 4.69) is 25.1 Å². The van der Waals surface area contributed by atoms with Gasteiger partial charge in [-0.25, -0.2) is 32.6 Å². The van der Waals surface area contributed by atoms with Crippen molar-refractivity contribution < 1.29 is 17.9 Å². The lowest BCUT2D eigenvalue weighted by Crippen LogP contribution is -2.49. The first-order valence-corrected chi connectivity index (χ1v) is 11.9. The van der Waals surface area contributed by atoms with Crippen LogP contribution in [0.25, 0.3) is 15.5 Å². The van der Waals surface area contributed by atoms with Crippen LogP contribution in [0.3, 0.4) is 0 Å². The summed E-state index contributed by atoms with van der Waals surface area (Å²) in [5.41, 5.74) is -0.339. The van der Waals surface area contributed by atoms with Crippen LogP contribution < -0.4 is 5.32 Å². The van der Waals surface area contributed by atoms with Crippen molar-refractivity contribution in [1.82, 2.24) is 19.3 Å². The van der Waals surface area contributed by atoms with Crippen LogP contribution in [0.5, 0.6) is 0 Å². The number of hydrogen-bond donors (Lipinski definition) is 2. The molecule has 0 radical (unpaired) electrons. The van der Waals surface area contributed by atoms with Gasteiger partial charge in [-0.05, 0) is 20.3 Å². The lowest BCUT2D eigenvalue weighted by atomic mass is 10.1. The van der Waals surface area contributed by atoms with E-state index < -0.39 is 27.8 Å². The molecule has 1 saturated heterocycles. The fraction of sp³-hybridized carbons (Fsp3) is 0.556. The smallest absolute Gasteiger partial charge is 0.233 e. The van der Waals surface area contributed by atoms with Crippen molar-refractivity contribution in [2.45, 2.75) is 44.5 Å². The third-order valence-corrected chi connectivity index (χ3v) is 6.81. The first-order valence-electron chi connectivity index (χ1n) is 9.24. The summed E-state index contributed by atoms with van der Waals surface area (Å²) in [5, 5.41) is 13.4. The van der Waals surface area contributed by atoms with Gasteiger partial charge in [0.2, 0.25) is 21.7 Å². The van der Waals surface area contributed by atoms with Gasteiger partial charge in [-0.2, -0.15) is 4.31 Å². The molecule has 1 fully saturated rings. The van der Waals surface area contributed by atoms with E-state index in [9.17, 15) is 17.9 Å². The summed E-state index contributed by atoms with van der Waals surface area (Å²) in [6, 6.07) is -0.642. The van der Waals surface area contributed by atoms with Crippen molar-refractivity contribution in [3.8, 4) is 10.7 Å². The zero-order valence-corrected chi connectivity index (χ0v) is 18.5. The van der Waals surface area contributed by atoms with Crippen molar-refractivity contribution in [3.05, 3.63) is 28.7 Å². The fourth-order valence-corrected chi connectivity index (χ4v) is 5.10. The predicted molar refractivity (Wildman–Crippen MR) is 113 cm³/mol. The number of halogens is 1. The molecule has 2 N–H and O–H groups in total. The summed E-state index contributed by atoms with van der Waals surface area (Å²) < 4.78 is 38.9. The van der Waals surface area contributed by atoms with E-state index in [4.69, 9.17) is 6.57 Å². The average molecular weight is 455 g/mol. The SMILES string of the molecule is [C-]#[N+]c1cnc(N[C@H]2CCN(S(C)(=O)=O)C[C@H]2F)nc1-c1ncc(CC(C)(C)O)s1. The van der Waals surface area contributed by atoms with Gasteiger partial charge in [0.25, 0.3) is 0 Å². The molecule has 2 atom stereocenters. The second kappa shape index (κ2) is 8.50. The zero-order valence-electron chi connectivity index (χ0n) is 16.8. The topological polar surface area (TPSA) is 113 Å². The number of anilines is 1. The van der Waals surface area contributed by atoms with Crippen molar-refractivity contribution in [2.75, 3.05) is 24.7 Å². The van der Waals surface area contributed by atoms with Gasteiger partial charge in [0.15, 0.2) is 0 Å². The molecule has 0 bridgehead atoms. The van der Waals surface area contributed by atoms with Gasteiger partial charge < -0.3 is 10.4 Å². The minimum Gasteiger partial charge on any atom is -0.390 e. The second-order valence-electron chi connectivity index (χ2n) is 7.84. The monoisotopic (exact) mass is 454 g/mol. The van der Waals surface area contributed by atoms with Crippen LogP contribution in [0.1, 0.15) is 25.1 Å². The number of piperidine rings is 1. The maximum absolute atomic E-state index is 14.5. The molecule has 0 aliphatic carbocycles. The largest absolute Gasteiger partial charge is 0.390 e. The Balaban J connectivity index is 1.80. The predicted octanol–water partition coefficient (Wildman–Crippen LogP) is 2.25. The third kappa shape index (κ3) is 5.48. The normalized spacial score (nSPS) is 20.7. The first-order chi connectivity index (χ1) is 14.0. The maximum Gasteiger partial charge on any atom is 0.233 e. The maximum atomic E-state index is 14.5. The van der Waals surface area contributed by atoms with Gasteiger partial charge in [0.1, 0.15) is 16.9 Å². The van der Waals surface area contributed by atoms with Crippen LogP contribution in [0.4, 0.5) is 16.0 Å². The van der Waals surface area contributed by atoms with Crippen molar-refractivity contribution in [2.24, 2.45) is 0 Å². The van der Waals surface area contributed by atoms with E-state index in [0.717, 1.165) is 15.4 Å². The third-order valence-electron chi connectivity index (χ3n) is 4.54. The van der Waals surface area contributed by atoms with E-state index in [1.54, 1.807) is 20.0 Å². The van der Waals surface area contributed by atoms with Crippen molar-refractivity contribution in [1.29, 1.82) is 0 Å². The summed E-state index contributed by atoms with van der Waals surface area (Å²) in [4.78, 5) is 17.1. The molecule has 2 aromatic rings. The highest BCUT2D eigenvalue weighted by Gasteiger charge is 2.33. The van der Waals surface area contributed by atoms with Gasteiger partial charge in [-0.15, -0.1) is 11.3 Å². The molecule has 9 nitrogen and oxygen atoms in total. The van der Waals surface area contributed by atoms with Gasteiger partial charge in [0, 0.05) is 36.8 Å². The van der Waals surface area contributed by atoms with Gasteiger partial charge >= 0.3 is 0 Å². The number of hydrogen-bond acceptors (Lipinski definition) is 8. The van der Waals surface area contributed by atoms with E-state index in [1.807, 2.05) is 0 Å². The van der Waals surface area contributed by atoms with Gasteiger partial charge in [0.05, 0.1) is 24.5 Å². The van der Waals surface area contributed by atoms with Crippen LogP contribution in [0.15, 0.2) is 12.4 Å². The summed E-state index contributed by atoms with van der Waals surface area (Å²) in [7, 11) is -3.44. The number of nitrogens with one attached hydrogen (secondary N) is 1. The first kappa shape index (κ1) is 22.5. The van der Waals surface area contributed by atoms with Crippen LogP contribution >= 0.6 is 11.3 Å². The molecule has 0 aromatic carbocycles. The van der Waals surface area contributed by atoms with Gasteiger partial charge in [-0.3, -0.25) is 0 Å². The van der Waals surface area contributed by atoms with E-state index in [0.29, 0.717) is 17.1 Å². The standard InChI is InChI=1S/C18H23FN6O3S2/c1-18(2,26)7-11-8-21-16(29-11)15-14(20-3)9-22-17(24-15)23-13-5-6-25(10-12(13)19)30(4,27)28/h8-9,12-13,26H,5-7,10H2,1-2,4H3,(H,22,23,24)/t12-,13+/m1/s1. The lowest BCUT2D eigenvalue weighted by molar-refractivity contribution is 0.0818. The highest BCUT2D eigenvalue weighted by atomic mass is 32.2. The minimum absolute atomic E-state index is 0.150. The fourth-order valence-electron chi connectivity index (χ4n) is 3.12. The number of rotatable bonds is 6. The number of alkyl halides is 1. The number of aliphatic hydroxyl groups is 1. The number of nitrogens with zero attached hydrogens (tertiary/aromatic N) is 5. The number of thiazole rings is 1. The van der Waals surface area contributed by atoms with E-state index >= 15 is 0 Å². The summed E-state index contributed by atoms with van der Waals surface area (Å²) in [6.45, 7) is 10.7. The van der Waals surface area contributed by atoms with E-state index in [1.165, 1.54) is 17.5 Å². The highest BCUT2D eigenvalue weighted by molar-refractivity contribution is 7.88. The summed E-state index contributed by atoms with van der Waals surface area (Å²) >= 11 is 1.32. The summed E-state index contributed by atoms with van der Waals surface area (Å²) in [6.07, 6.45) is 3.32. The Labute approximate surface area is 178 Å². The molecule has 3 heterocycles. The van der Waals surface area contributed by atoms with Gasteiger partial charge in [-0.1, -0.05) is 0 Å². The second-order valence-corrected chi connectivity index (χ2v) is 10.9. The molecule has 1 aliphatic rings. The molecular weight excluding hydrogens is 431 g/mol. The van der Waals surface area contributed by atoms with Crippen molar-refractivity contribution in [3.63, 3.8) is 0 Å².